The van der Waals surface area contributed by atoms with Crippen molar-refractivity contribution < 1.29 is 9.13 Å². The monoisotopic (exact) mass is 277 g/mol. The quantitative estimate of drug-likeness (QED) is 0.441. The second-order valence-corrected chi connectivity index (χ2v) is 4.13. The molecule has 0 fully saturated rings. The molecule has 0 atom stereocenters. The minimum absolute atomic E-state index is 0.231. The van der Waals surface area contributed by atoms with Gasteiger partial charge in [0.25, 0.3) is 0 Å². The number of benzene rings is 2. The molecule has 0 aliphatic heterocycles. The van der Waals surface area contributed by atoms with Gasteiger partial charge in [-0.05, 0) is 41.4 Å². The first kappa shape index (κ1) is 13.2. The lowest BCUT2D eigenvalue weighted by molar-refractivity contribution is 0.305. The van der Waals surface area contributed by atoms with Crippen LogP contribution in [0.2, 0.25) is 5.02 Å². The molecule has 4 nitrogen and oxygen atoms in total. The van der Waals surface area contributed by atoms with Crippen molar-refractivity contribution in [2.75, 3.05) is 0 Å². The smallest absolute Gasteiger partial charge is 0.123 e. The largest absolute Gasteiger partial charge is 0.489 e. The van der Waals surface area contributed by atoms with Crippen molar-refractivity contribution in [3.8, 4) is 5.75 Å². The van der Waals surface area contributed by atoms with Gasteiger partial charge in [0.1, 0.15) is 18.2 Å². The van der Waals surface area contributed by atoms with Crippen molar-refractivity contribution in [2.45, 2.75) is 6.61 Å². The van der Waals surface area contributed by atoms with Crippen LogP contribution in [0.3, 0.4) is 0 Å². The van der Waals surface area contributed by atoms with Gasteiger partial charge in [-0.25, -0.2) is 4.39 Å². The minimum Gasteiger partial charge on any atom is -0.489 e. The Balaban J connectivity index is 2.08. The van der Waals surface area contributed by atoms with Crippen molar-refractivity contribution in [3.63, 3.8) is 0 Å². The second kappa shape index (κ2) is 6.09. The lowest BCUT2D eigenvalue weighted by Gasteiger charge is -2.07. The Kier molecular flexibility index (Phi) is 4.23. The van der Waals surface area contributed by atoms with Gasteiger partial charge in [0.05, 0.1) is 10.7 Å². The molecule has 0 aromatic heterocycles. The lowest BCUT2D eigenvalue weighted by atomic mass is 10.2. The summed E-state index contributed by atoms with van der Waals surface area (Å²) in [5.74, 6) is 0.212. The highest BCUT2D eigenvalue weighted by atomic mass is 35.5. The van der Waals surface area contributed by atoms with E-state index < -0.39 is 0 Å². The molecule has 0 aliphatic rings. The molecule has 19 heavy (non-hydrogen) atoms. The van der Waals surface area contributed by atoms with Gasteiger partial charge in [-0.2, -0.15) is 0 Å². The summed E-state index contributed by atoms with van der Waals surface area (Å²) in [6, 6.07) is 10.9. The number of rotatable bonds is 4. The van der Waals surface area contributed by atoms with Crippen molar-refractivity contribution in [3.05, 3.63) is 69.3 Å². The predicted octanol–water partition coefficient (Wildman–Crippen LogP) is 5.00. The number of hydrogen-bond acceptors (Lipinski definition) is 2. The molecule has 2 rings (SSSR count). The summed E-state index contributed by atoms with van der Waals surface area (Å²) >= 11 is 5.91. The highest BCUT2D eigenvalue weighted by Crippen LogP contribution is 2.29. The Morgan fingerprint density at radius 1 is 1.26 bits per heavy atom. The summed E-state index contributed by atoms with van der Waals surface area (Å²) in [6.07, 6.45) is 0. The summed E-state index contributed by atoms with van der Waals surface area (Å²) in [7, 11) is 0. The lowest BCUT2D eigenvalue weighted by Crippen LogP contribution is -1.95. The molecule has 0 saturated carbocycles. The standard InChI is InChI=1S/C13H9ClFN3O/c14-12-7-11(4-5-13(12)17-18-16)19-8-9-2-1-3-10(15)6-9/h1-7H,8H2. The molecular weight excluding hydrogens is 269 g/mol. The molecule has 0 radical (unpaired) electrons. The molecule has 96 valence electrons. The molecule has 0 saturated heterocycles. The maximum atomic E-state index is 13.0. The minimum atomic E-state index is -0.308. The third-order valence-electron chi connectivity index (χ3n) is 2.37. The fraction of sp³-hybridized carbons (Fsp3) is 0.0769. The number of halogens is 2. The van der Waals surface area contributed by atoms with Gasteiger partial charge in [0, 0.05) is 4.91 Å². The average molecular weight is 278 g/mol. The van der Waals surface area contributed by atoms with Crippen molar-refractivity contribution in [2.24, 2.45) is 5.11 Å². The molecular formula is C13H9ClFN3O. The molecule has 2 aromatic carbocycles. The van der Waals surface area contributed by atoms with E-state index in [2.05, 4.69) is 10.0 Å². The van der Waals surface area contributed by atoms with E-state index in [1.165, 1.54) is 12.1 Å². The second-order valence-electron chi connectivity index (χ2n) is 3.72. The van der Waals surface area contributed by atoms with Crippen molar-refractivity contribution in [1.82, 2.24) is 0 Å². The van der Waals surface area contributed by atoms with Crippen LogP contribution in [0.5, 0.6) is 5.75 Å². The van der Waals surface area contributed by atoms with Gasteiger partial charge in [0.2, 0.25) is 0 Å². The van der Waals surface area contributed by atoms with Crippen LogP contribution in [0.25, 0.3) is 10.4 Å². The zero-order valence-electron chi connectivity index (χ0n) is 9.75. The fourth-order valence-corrected chi connectivity index (χ4v) is 1.71. The maximum absolute atomic E-state index is 13.0. The zero-order valence-corrected chi connectivity index (χ0v) is 10.5. The third kappa shape index (κ3) is 3.61. The van der Waals surface area contributed by atoms with Crippen LogP contribution in [0, 0.1) is 5.82 Å². The van der Waals surface area contributed by atoms with Crippen LogP contribution in [-0.4, -0.2) is 0 Å². The fourth-order valence-electron chi connectivity index (χ4n) is 1.50. The van der Waals surface area contributed by atoms with E-state index in [1.54, 1.807) is 30.3 Å². The normalized spacial score (nSPS) is 9.79. The van der Waals surface area contributed by atoms with E-state index in [1.807, 2.05) is 0 Å². The van der Waals surface area contributed by atoms with Crippen molar-refractivity contribution in [1.29, 1.82) is 0 Å². The number of hydrogen-bond donors (Lipinski definition) is 0. The molecule has 0 bridgehead atoms. The van der Waals surface area contributed by atoms with Crippen LogP contribution < -0.4 is 4.74 Å². The number of ether oxygens (including phenoxy) is 1. The molecule has 0 amide bonds. The highest BCUT2D eigenvalue weighted by molar-refractivity contribution is 6.33. The Bertz CT molecular complexity index is 642. The van der Waals surface area contributed by atoms with E-state index >= 15 is 0 Å². The first-order chi connectivity index (χ1) is 9.19. The van der Waals surface area contributed by atoms with Crippen LogP contribution in [0.15, 0.2) is 47.6 Å². The Morgan fingerprint density at radius 2 is 2.11 bits per heavy atom. The van der Waals surface area contributed by atoms with Crippen molar-refractivity contribution >= 4 is 17.3 Å². The Morgan fingerprint density at radius 3 is 2.79 bits per heavy atom. The SMILES string of the molecule is [N-]=[N+]=Nc1ccc(OCc2cccc(F)c2)cc1Cl. The van der Waals surface area contributed by atoms with Gasteiger partial charge in [-0.3, -0.25) is 0 Å². The summed E-state index contributed by atoms with van der Waals surface area (Å²) in [5.41, 5.74) is 9.38. The molecule has 0 heterocycles. The van der Waals surface area contributed by atoms with E-state index in [4.69, 9.17) is 21.9 Å². The molecule has 0 unspecified atom stereocenters. The van der Waals surface area contributed by atoms with E-state index in [0.717, 1.165) is 5.56 Å². The van der Waals surface area contributed by atoms with Crippen LogP contribution in [0.1, 0.15) is 5.56 Å². The summed E-state index contributed by atoms with van der Waals surface area (Å²) in [5, 5.41) is 3.72. The third-order valence-corrected chi connectivity index (χ3v) is 2.67. The van der Waals surface area contributed by atoms with E-state index in [-0.39, 0.29) is 12.4 Å². The number of azide groups is 1. The molecule has 6 heteroatoms. The summed E-state index contributed by atoms with van der Waals surface area (Å²) < 4.78 is 18.4. The Labute approximate surface area is 114 Å². The van der Waals surface area contributed by atoms with Gasteiger partial charge in [-0.1, -0.05) is 28.8 Å². The van der Waals surface area contributed by atoms with Gasteiger partial charge < -0.3 is 4.74 Å². The van der Waals surface area contributed by atoms with Crippen LogP contribution in [0.4, 0.5) is 10.1 Å². The van der Waals surface area contributed by atoms with E-state index in [9.17, 15) is 4.39 Å². The van der Waals surface area contributed by atoms with Gasteiger partial charge in [0.15, 0.2) is 0 Å². The molecule has 0 aliphatic carbocycles. The average Bonchev–Trinajstić information content (AvgIpc) is 2.39. The van der Waals surface area contributed by atoms with Gasteiger partial charge in [-0.15, -0.1) is 0 Å². The van der Waals surface area contributed by atoms with Crippen LogP contribution >= 0.6 is 11.6 Å². The zero-order chi connectivity index (χ0) is 13.7. The highest BCUT2D eigenvalue weighted by Gasteiger charge is 2.02. The summed E-state index contributed by atoms with van der Waals surface area (Å²) in [6.45, 7) is 0.231. The maximum Gasteiger partial charge on any atom is 0.123 e. The van der Waals surface area contributed by atoms with Crippen LogP contribution in [-0.2, 0) is 6.61 Å². The molecule has 0 N–H and O–H groups in total. The first-order valence-corrected chi connectivity index (χ1v) is 5.79. The topological polar surface area (TPSA) is 58.0 Å². The van der Waals surface area contributed by atoms with Gasteiger partial charge >= 0.3 is 0 Å². The Hall–Kier alpha value is -2.23. The molecule has 0 spiro atoms. The predicted molar refractivity (Wildman–Crippen MR) is 71.0 cm³/mol. The summed E-state index contributed by atoms with van der Waals surface area (Å²) in [4.78, 5) is 2.66. The number of nitrogens with zero attached hydrogens (tertiary/aromatic N) is 3. The first-order valence-electron chi connectivity index (χ1n) is 5.41. The van der Waals surface area contributed by atoms with E-state index in [0.29, 0.717) is 16.5 Å². The molecule has 2 aromatic rings.